The van der Waals surface area contributed by atoms with Gasteiger partial charge in [0.2, 0.25) is 12.7 Å². The predicted molar refractivity (Wildman–Crippen MR) is 99.7 cm³/mol. The molecule has 10 heteroatoms. The molecule has 0 aromatic heterocycles. The molecule has 1 saturated heterocycles. The van der Waals surface area contributed by atoms with Crippen LogP contribution in [0, 0.1) is 5.92 Å². The van der Waals surface area contributed by atoms with Crippen LogP contribution in [-0.2, 0) is 11.0 Å². The average Bonchev–Trinajstić information content (AvgIpc) is 3.14. The van der Waals surface area contributed by atoms with Crippen LogP contribution < -0.4 is 25.4 Å². The van der Waals surface area contributed by atoms with E-state index < -0.39 is 35.6 Å². The number of fused-ring (bicyclic) bond motifs is 1. The third kappa shape index (κ3) is 3.76. The molecule has 0 bridgehead atoms. The van der Waals surface area contributed by atoms with Gasteiger partial charge >= 0.3 is 12.2 Å². The van der Waals surface area contributed by atoms with Gasteiger partial charge in [-0.15, -0.1) is 0 Å². The Morgan fingerprint density at radius 3 is 2.67 bits per heavy atom. The van der Waals surface area contributed by atoms with Gasteiger partial charge in [0.1, 0.15) is 5.92 Å². The molecule has 0 radical (unpaired) electrons. The zero-order chi connectivity index (χ0) is 21.5. The van der Waals surface area contributed by atoms with Crippen molar-refractivity contribution < 1.29 is 32.2 Å². The van der Waals surface area contributed by atoms with Crippen LogP contribution in [-0.4, -0.2) is 18.7 Å². The van der Waals surface area contributed by atoms with Crippen LogP contribution in [0.3, 0.4) is 0 Å². The maximum Gasteiger partial charge on any atom is 0.416 e. The number of carbonyl (C=O) groups excluding carboxylic acids is 2. The summed E-state index contributed by atoms with van der Waals surface area (Å²) in [5.74, 6) is -0.627. The van der Waals surface area contributed by atoms with Gasteiger partial charge in [-0.25, -0.2) is 4.79 Å². The number of urea groups is 1. The first-order valence-corrected chi connectivity index (χ1v) is 8.86. The third-order valence-electron chi connectivity index (χ3n) is 4.77. The standard InChI is InChI=1S/C20H16F3N3O4/c1-10-16(18(27)25-13-4-2-3-12(8-13)20(21,22)23)17(26-19(28)24-10)11-5-6-14-15(7-11)30-9-29-14/h2-8,16-17H,1,9H2,(H,25,27)(H2,24,26,28)/t16-,17+/m0/s1. The number of benzene rings is 2. The first-order valence-electron chi connectivity index (χ1n) is 8.86. The topological polar surface area (TPSA) is 88.7 Å². The quantitative estimate of drug-likeness (QED) is 0.710. The van der Waals surface area contributed by atoms with Gasteiger partial charge in [0.05, 0.1) is 11.6 Å². The minimum absolute atomic E-state index is 0.0241. The van der Waals surface area contributed by atoms with Crippen LogP contribution in [0.2, 0.25) is 0 Å². The van der Waals surface area contributed by atoms with E-state index in [2.05, 4.69) is 22.5 Å². The second kappa shape index (κ2) is 7.29. The molecule has 2 aromatic carbocycles. The number of alkyl halides is 3. The highest BCUT2D eigenvalue weighted by Gasteiger charge is 2.38. The Hall–Kier alpha value is -3.69. The Labute approximate surface area is 168 Å². The number of nitrogens with one attached hydrogen (secondary N) is 3. The molecular weight excluding hydrogens is 403 g/mol. The Morgan fingerprint density at radius 2 is 1.90 bits per heavy atom. The maximum atomic E-state index is 13.0. The Balaban J connectivity index is 1.62. The van der Waals surface area contributed by atoms with E-state index in [0.29, 0.717) is 17.1 Å². The van der Waals surface area contributed by atoms with Gasteiger partial charge in [-0.2, -0.15) is 13.2 Å². The summed E-state index contributed by atoms with van der Waals surface area (Å²) < 4.78 is 49.5. The summed E-state index contributed by atoms with van der Waals surface area (Å²) in [5, 5.41) is 7.58. The number of halogens is 3. The summed E-state index contributed by atoms with van der Waals surface area (Å²) in [4.78, 5) is 24.9. The molecular formula is C20H16F3N3O4. The van der Waals surface area contributed by atoms with Crippen molar-refractivity contribution in [2.75, 3.05) is 12.1 Å². The van der Waals surface area contributed by atoms with E-state index in [1.807, 2.05) is 0 Å². The number of hydrogen-bond acceptors (Lipinski definition) is 4. The second-order valence-corrected chi connectivity index (χ2v) is 6.76. The van der Waals surface area contributed by atoms with E-state index in [9.17, 15) is 22.8 Å². The summed E-state index contributed by atoms with van der Waals surface area (Å²) in [6.45, 7) is 3.80. The zero-order valence-corrected chi connectivity index (χ0v) is 15.4. The normalized spacial score (nSPS) is 20.4. The van der Waals surface area contributed by atoms with Crippen LogP contribution >= 0.6 is 0 Å². The van der Waals surface area contributed by atoms with Crippen molar-refractivity contribution in [2.24, 2.45) is 5.92 Å². The van der Waals surface area contributed by atoms with Crippen LogP contribution in [0.1, 0.15) is 17.2 Å². The first kappa shape index (κ1) is 19.6. The summed E-state index contributed by atoms with van der Waals surface area (Å²) in [6.07, 6.45) is -4.54. The Kier molecular flexibility index (Phi) is 4.76. The molecule has 0 unspecified atom stereocenters. The van der Waals surface area contributed by atoms with Crippen LogP contribution in [0.4, 0.5) is 23.7 Å². The number of amides is 3. The van der Waals surface area contributed by atoms with Gasteiger partial charge in [0.15, 0.2) is 11.5 Å². The van der Waals surface area contributed by atoms with Gasteiger partial charge < -0.3 is 25.4 Å². The number of ether oxygens (including phenoxy) is 2. The number of rotatable bonds is 3. The molecule has 30 heavy (non-hydrogen) atoms. The monoisotopic (exact) mass is 419 g/mol. The lowest BCUT2D eigenvalue weighted by atomic mass is 9.88. The van der Waals surface area contributed by atoms with Crippen molar-refractivity contribution in [1.29, 1.82) is 0 Å². The maximum absolute atomic E-state index is 13.0. The molecule has 156 valence electrons. The summed E-state index contributed by atoms with van der Waals surface area (Å²) in [7, 11) is 0. The van der Waals surface area contributed by atoms with Crippen molar-refractivity contribution in [2.45, 2.75) is 12.2 Å². The van der Waals surface area contributed by atoms with E-state index in [1.54, 1.807) is 18.2 Å². The molecule has 0 saturated carbocycles. The molecule has 1 fully saturated rings. The van der Waals surface area contributed by atoms with E-state index in [-0.39, 0.29) is 18.2 Å². The summed E-state index contributed by atoms with van der Waals surface area (Å²) in [5.41, 5.74) is -0.240. The molecule has 0 aliphatic carbocycles. The van der Waals surface area contributed by atoms with Crippen LogP contribution in [0.25, 0.3) is 0 Å². The lowest BCUT2D eigenvalue weighted by Gasteiger charge is -2.34. The van der Waals surface area contributed by atoms with E-state index in [1.165, 1.54) is 12.1 Å². The minimum atomic E-state index is -4.54. The number of anilines is 1. The fourth-order valence-electron chi connectivity index (χ4n) is 3.37. The molecule has 3 N–H and O–H groups in total. The highest BCUT2D eigenvalue weighted by atomic mass is 19.4. The van der Waals surface area contributed by atoms with Gasteiger partial charge in [-0.1, -0.05) is 18.7 Å². The van der Waals surface area contributed by atoms with E-state index in [4.69, 9.17) is 9.47 Å². The molecule has 3 amide bonds. The van der Waals surface area contributed by atoms with Crippen LogP contribution in [0.15, 0.2) is 54.7 Å². The Bertz CT molecular complexity index is 1040. The molecule has 2 atom stereocenters. The molecule has 4 rings (SSSR count). The van der Waals surface area contributed by atoms with Crippen molar-refractivity contribution in [1.82, 2.24) is 10.6 Å². The smallest absolute Gasteiger partial charge is 0.416 e. The highest BCUT2D eigenvalue weighted by Crippen LogP contribution is 2.38. The summed E-state index contributed by atoms with van der Waals surface area (Å²) >= 11 is 0. The molecule has 2 aliphatic heterocycles. The van der Waals surface area contributed by atoms with Crippen LogP contribution in [0.5, 0.6) is 11.5 Å². The Morgan fingerprint density at radius 1 is 1.13 bits per heavy atom. The molecule has 2 aliphatic rings. The van der Waals surface area contributed by atoms with E-state index >= 15 is 0 Å². The van der Waals surface area contributed by atoms with Crippen molar-refractivity contribution in [3.8, 4) is 11.5 Å². The lowest BCUT2D eigenvalue weighted by molar-refractivity contribution is -0.137. The average molecular weight is 419 g/mol. The SMILES string of the molecule is C=C1NC(=O)N[C@H](c2ccc3c(c2)OCO3)[C@H]1C(=O)Nc1cccc(C(F)(F)F)c1. The van der Waals surface area contributed by atoms with E-state index in [0.717, 1.165) is 12.1 Å². The first-order chi connectivity index (χ1) is 14.2. The minimum Gasteiger partial charge on any atom is -0.454 e. The predicted octanol–water partition coefficient (Wildman–Crippen LogP) is 3.56. The second-order valence-electron chi connectivity index (χ2n) is 6.76. The van der Waals surface area contributed by atoms with Gasteiger partial charge in [0.25, 0.3) is 0 Å². The van der Waals surface area contributed by atoms with Gasteiger partial charge in [-0.05, 0) is 35.9 Å². The fourth-order valence-corrected chi connectivity index (χ4v) is 3.37. The van der Waals surface area contributed by atoms with Crippen molar-refractivity contribution >= 4 is 17.6 Å². The molecule has 0 spiro atoms. The van der Waals surface area contributed by atoms with Crippen molar-refractivity contribution in [3.05, 3.63) is 65.9 Å². The number of hydrogen-bond donors (Lipinski definition) is 3. The van der Waals surface area contributed by atoms with Crippen molar-refractivity contribution in [3.63, 3.8) is 0 Å². The zero-order valence-electron chi connectivity index (χ0n) is 15.4. The fraction of sp³-hybridized carbons (Fsp3) is 0.200. The van der Waals surface area contributed by atoms with Gasteiger partial charge in [-0.3, -0.25) is 4.79 Å². The number of carbonyl (C=O) groups is 2. The molecule has 2 heterocycles. The lowest BCUT2D eigenvalue weighted by Crippen LogP contribution is -2.51. The van der Waals surface area contributed by atoms with Gasteiger partial charge in [0, 0.05) is 11.4 Å². The molecule has 7 nitrogen and oxygen atoms in total. The third-order valence-corrected chi connectivity index (χ3v) is 4.77. The molecule has 2 aromatic rings. The largest absolute Gasteiger partial charge is 0.454 e. The summed E-state index contributed by atoms with van der Waals surface area (Å²) in [6, 6.07) is 7.88. The highest BCUT2D eigenvalue weighted by molar-refractivity contribution is 5.97.